The minimum absolute atomic E-state index is 0.0293. The van der Waals surface area contributed by atoms with Crippen LogP contribution in [0.4, 0.5) is 27.6 Å². The number of rotatable bonds is 4. The number of amides is 2. The van der Waals surface area contributed by atoms with Gasteiger partial charge in [-0.25, -0.2) is 8.78 Å². The molecule has 194 valence electrons. The van der Waals surface area contributed by atoms with Gasteiger partial charge in [0.05, 0.1) is 33.3 Å². The molecule has 0 bridgehead atoms. The third-order valence-electron chi connectivity index (χ3n) is 6.14. The Balaban J connectivity index is 1.55. The molecule has 1 N–H and O–H groups in total. The SMILES string of the molecule is Cc1ccc(F)c(C(=O)N2CCc3c(ccc(Cl)c3NC(=O)Cc3cccc(C(F)(F)F)c3F)C2)c1Cl. The van der Waals surface area contributed by atoms with E-state index in [1.807, 2.05) is 0 Å². The highest BCUT2D eigenvalue weighted by Gasteiger charge is 2.35. The van der Waals surface area contributed by atoms with Crippen LogP contribution >= 0.6 is 23.2 Å². The molecule has 4 rings (SSSR count). The summed E-state index contributed by atoms with van der Waals surface area (Å²) in [5.74, 6) is -3.60. The molecule has 3 aromatic rings. The van der Waals surface area contributed by atoms with Crippen LogP contribution < -0.4 is 5.32 Å². The highest BCUT2D eigenvalue weighted by Crippen LogP contribution is 2.35. The first-order valence-electron chi connectivity index (χ1n) is 11.1. The summed E-state index contributed by atoms with van der Waals surface area (Å²) in [7, 11) is 0. The maximum absolute atomic E-state index is 14.4. The number of fused-ring (bicyclic) bond motifs is 1. The number of alkyl halides is 3. The Morgan fingerprint density at radius 2 is 1.78 bits per heavy atom. The molecule has 1 aliphatic rings. The lowest BCUT2D eigenvalue weighted by Gasteiger charge is -2.31. The van der Waals surface area contributed by atoms with Gasteiger partial charge in [-0.2, -0.15) is 13.2 Å². The van der Waals surface area contributed by atoms with Gasteiger partial charge < -0.3 is 10.2 Å². The van der Waals surface area contributed by atoms with Crippen molar-refractivity contribution >= 4 is 40.7 Å². The van der Waals surface area contributed by atoms with Crippen molar-refractivity contribution in [1.82, 2.24) is 4.90 Å². The number of anilines is 1. The Morgan fingerprint density at radius 1 is 1.05 bits per heavy atom. The molecule has 2 amide bonds. The van der Waals surface area contributed by atoms with E-state index in [0.717, 1.165) is 12.1 Å². The average Bonchev–Trinajstić information content (AvgIpc) is 2.83. The molecule has 0 aliphatic carbocycles. The number of halogens is 7. The summed E-state index contributed by atoms with van der Waals surface area (Å²) in [5.41, 5.74) is -0.0687. The van der Waals surface area contributed by atoms with Crippen LogP contribution in [0.25, 0.3) is 0 Å². The second-order valence-corrected chi connectivity index (χ2v) is 9.38. The van der Waals surface area contributed by atoms with E-state index in [4.69, 9.17) is 23.2 Å². The van der Waals surface area contributed by atoms with E-state index >= 15 is 0 Å². The van der Waals surface area contributed by atoms with Gasteiger partial charge in [-0.05, 0) is 53.8 Å². The van der Waals surface area contributed by atoms with Gasteiger partial charge in [0.2, 0.25) is 5.91 Å². The molecule has 4 nitrogen and oxygen atoms in total. The molecule has 0 atom stereocenters. The van der Waals surface area contributed by atoms with Crippen LogP contribution in [0.3, 0.4) is 0 Å². The van der Waals surface area contributed by atoms with Gasteiger partial charge in [-0.3, -0.25) is 9.59 Å². The van der Waals surface area contributed by atoms with Crippen molar-refractivity contribution in [2.24, 2.45) is 0 Å². The van der Waals surface area contributed by atoms with E-state index in [2.05, 4.69) is 5.32 Å². The molecular weight excluding hydrogens is 538 g/mol. The fourth-order valence-corrected chi connectivity index (χ4v) is 4.70. The first-order chi connectivity index (χ1) is 17.4. The van der Waals surface area contributed by atoms with Crippen LogP contribution in [0.5, 0.6) is 0 Å². The van der Waals surface area contributed by atoms with Gasteiger partial charge in [0.25, 0.3) is 5.91 Å². The second kappa shape index (κ2) is 10.3. The number of nitrogens with zero attached hydrogens (tertiary/aromatic N) is 1. The fraction of sp³-hybridized carbons (Fsp3) is 0.231. The summed E-state index contributed by atoms with van der Waals surface area (Å²) < 4.78 is 67.8. The molecule has 0 aromatic heterocycles. The molecule has 0 unspecified atom stereocenters. The minimum atomic E-state index is -4.90. The largest absolute Gasteiger partial charge is 0.419 e. The molecule has 0 radical (unpaired) electrons. The first kappa shape index (κ1) is 26.9. The molecule has 1 aliphatic heterocycles. The second-order valence-electron chi connectivity index (χ2n) is 8.59. The molecule has 37 heavy (non-hydrogen) atoms. The Bertz CT molecular complexity index is 1410. The molecule has 0 saturated heterocycles. The third kappa shape index (κ3) is 5.43. The zero-order valence-corrected chi connectivity index (χ0v) is 20.8. The van der Waals surface area contributed by atoms with E-state index < -0.39 is 47.2 Å². The number of carbonyl (C=O) groups is 2. The molecular formula is C26H19Cl2F5N2O2. The zero-order chi connectivity index (χ0) is 27.1. The Labute approximate surface area is 219 Å². The lowest BCUT2D eigenvalue weighted by Crippen LogP contribution is -2.37. The minimum Gasteiger partial charge on any atom is -0.334 e. The van der Waals surface area contributed by atoms with Crippen molar-refractivity contribution < 1.29 is 31.5 Å². The fourth-order valence-electron chi connectivity index (χ4n) is 4.24. The van der Waals surface area contributed by atoms with E-state index in [9.17, 15) is 31.5 Å². The Kier molecular flexibility index (Phi) is 7.48. The molecule has 0 fully saturated rings. The van der Waals surface area contributed by atoms with Crippen molar-refractivity contribution in [1.29, 1.82) is 0 Å². The highest BCUT2D eigenvalue weighted by molar-refractivity contribution is 6.35. The molecule has 11 heteroatoms. The first-order valence-corrected chi connectivity index (χ1v) is 11.8. The lowest BCUT2D eigenvalue weighted by molar-refractivity contribution is -0.140. The summed E-state index contributed by atoms with van der Waals surface area (Å²) in [6.45, 7) is 1.91. The van der Waals surface area contributed by atoms with Gasteiger partial charge in [0, 0.05) is 13.1 Å². The number of hydrogen-bond acceptors (Lipinski definition) is 2. The topological polar surface area (TPSA) is 49.4 Å². The highest BCUT2D eigenvalue weighted by atomic mass is 35.5. The maximum Gasteiger partial charge on any atom is 0.419 e. The van der Waals surface area contributed by atoms with Crippen LogP contribution in [-0.2, 0) is 30.4 Å². The molecule has 3 aromatic carbocycles. The van der Waals surface area contributed by atoms with Crippen LogP contribution in [0, 0.1) is 18.6 Å². The zero-order valence-electron chi connectivity index (χ0n) is 19.3. The van der Waals surface area contributed by atoms with Gasteiger partial charge in [0.15, 0.2) is 0 Å². The summed E-state index contributed by atoms with van der Waals surface area (Å²) in [6, 6.07) is 8.54. The molecule has 1 heterocycles. The number of carbonyl (C=O) groups excluding carboxylic acids is 2. The normalized spacial score (nSPS) is 13.4. The van der Waals surface area contributed by atoms with Gasteiger partial charge in [0.1, 0.15) is 11.6 Å². The summed E-state index contributed by atoms with van der Waals surface area (Å²) >= 11 is 12.5. The lowest BCUT2D eigenvalue weighted by atomic mass is 9.96. The number of hydrogen-bond donors (Lipinski definition) is 1. The van der Waals surface area contributed by atoms with E-state index in [-0.39, 0.29) is 40.8 Å². The van der Waals surface area contributed by atoms with Crippen LogP contribution in [0.2, 0.25) is 10.0 Å². The quantitative estimate of drug-likeness (QED) is 0.352. The van der Waals surface area contributed by atoms with Gasteiger partial charge in [-0.1, -0.05) is 47.5 Å². The van der Waals surface area contributed by atoms with Crippen LogP contribution in [0.1, 0.15) is 38.2 Å². The van der Waals surface area contributed by atoms with Crippen LogP contribution in [-0.4, -0.2) is 23.3 Å². The number of aryl methyl sites for hydroxylation is 1. The Morgan fingerprint density at radius 3 is 2.49 bits per heavy atom. The third-order valence-corrected chi connectivity index (χ3v) is 6.94. The number of nitrogens with one attached hydrogen (secondary N) is 1. The van der Waals surface area contributed by atoms with Crippen molar-refractivity contribution in [3.05, 3.63) is 97.5 Å². The van der Waals surface area contributed by atoms with Gasteiger partial charge >= 0.3 is 6.18 Å². The standard InChI is InChI=1S/C26H19Cl2F5N2O2/c1-13-5-8-19(29)21(22(13)28)25(37)35-10-9-16-15(12-35)6-7-18(27)24(16)34-20(36)11-14-3-2-4-17(23(14)30)26(31,32)33/h2-8H,9-12H2,1H3,(H,34,36). The summed E-state index contributed by atoms with van der Waals surface area (Å²) in [6.07, 6.45) is -5.29. The van der Waals surface area contributed by atoms with E-state index in [1.54, 1.807) is 13.0 Å². The number of benzene rings is 3. The molecule has 0 saturated carbocycles. The van der Waals surface area contributed by atoms with E-state index in [0.29, 0.717) is 22.8 Å². The predicted octanol–water partition coefficient (Wildman–Crippen LogP) is 6.98. The van der Waals surface area contributed by atoms with Crippen molar-refractivity contribution in [3.8, 4) is 0 Å². The molecule has 0 spiro atoms. The maximum atomic E-state index is 14.4. The monoisotopic (exact) mass is 556 g/mol. The summed E-state index contributed by atoms with van der Waals surface area (Å²) in [5, 5.41) is 2.77. The smallest absolute Gasteiger partial charge is 0.334 e. The van der Waals surface area contributed by atoms with Gasteiger partial charge in [-0.15, -0.1) is 0 Å². The van der Waals surface area contributed by atoms with Crippen molar-refractivity contribution in [2.75, 3.05) is 11.9 Å². The Hall–Kier alpha value is -3.17. The van der Waals surface area contributed by atoms with E-state index in [1.165, 1.54) is 23.1 Å². The predicted molar refractivity (Wildman–Crippen MR) is 130 cm³/mol. The van der Waals surface area contributed by atoms with Crippen molar-refractivity contribution in [3.63, 3.8) is 0 Å². The van der Waals surface area contributed by atoms with Crippen molar-refractivity contribution in [2.45, 2.75) is 32.5 Å². The average molecular weight is 557 g/mol. The van der Waals surface area contributed by atoms with Crippen LogP contribution in [0.15, 0.2) is 42.5 Å². The summed E-state index contributed by atoms with van der Waals surface area (Å²) in [4.78, 5) is 27.1.